The van der Waals surface area contributed by atoms with E-state index >= 15 is 0 Å². The first-order valence-electron chi connectivity index (χ1n) is 10.4. The largest absolute Gasteiger partial charge is 0.371 e. The van der Waals surface area contributed by atoms with Crippen molar-refractivity contribution in [3.8, 4) is 11.4 Å². The first kappa shape index (κ1) is 20.5. The second kappa shape index (κ2) is 8.92. The molecule has 6 nitrogen and oxygen atoms in total. The summed E-state index contributed by atoms with van der Waals surface area (Å²) >= 11 is 1.42. The van der Waals surface area contributed by atoms with Crippen LogP contribution >= 0.6 is 11.8 Å². The van der Waals surface area contributed by atoms with Crippen LogP contribution in [0.15, 0.2) is 47.6 Å². The Balaban J connectivity index is 1.43. The number of anilines is 2. The lowest BCUT2D eigenvalue weighted by Gasteiger charge is -2.17. The molecule has 0 atom stereocenters. The summed E-state index contributed by atoms with van der Waals surface area (Å²) in [6.07, 6.45) is 1.07. The molecule has 2 aromatic carbocycles. The molecule has 0 saturated heterocycles. The molecule has 0 spiro atoms. The number of carbonyl (C=O) groups is 1. The SMILES string of the molecule is CCN1CCc2ccc(NC(=O)CSc3nnc(-c4ccccc4C)n3CC)cc21. The number of thioether (sulfide) groups is 1. The van der Waals surface area contributed by atoms with E-state index in [1.165, 1.54) is 23.0 Å². The Morgan fingerprint density at radius 3 is 2.73 bits per heavy atom. The number of amides is 1. The summed E-state index contributed by atoms with van der Waals surface area (Å²) in [6, 6.07) is 14.3. The van der Waals surface area contributed by atoms with Gasteiger partial charge >= 0.3 is 0 Å². The average molecular weight is 422 g/mol. The minimum atomic E-state index is -0.0379. The molecule has 0 radical (unpaired) electrons. The van der Waals surface area contributed by atoms with Crippen LogP contribution in [0.4, 0.5) is 11.4 Å². The Kier molecular flexibility index (Phi) is 6.08. The first-order chi connectivity index (χ1) is 14.6. The van der Waals surface area contributed by atoms with Crippen LogP contribution < -0.4 is 10.2 Å². The zero-order valence-corrected chi connectivity index (χ0v) is 18.5. The van der Waals surface area contributed by atoms with Crippen LogP contribution in [0.5, 0.6) is 0 Å². The summed E-state index contributed by atoms with van der Waals surface area (Å²) in [5.74, 6) is 1.10. The van der Waals surface area contributed by atoms with Gasteiger partial charge in [-0.1, -0.05) is 42.1 Å². The summed E-state index contributed by atoms with van der Waals surface area (Å²) < 4.78 is 2.06. The zero-order chi connectivity index (χ0) is 21.1. The molecular formula is C23H27N5OS. The van der Waals surface area contributed by atoms with Gasteiger partial charge in [0.25, 0.3) is 0 Å². The minimum absolute atomic E-state index is 0.0379. The molecule has 3 aromatic rings. The summed E-state index contributed by atoms with van der Waals surface area (Å²) in [5, 5.41) is 12.5. The van der Waals surface area contributed by atoms with Crippen molar-refractivity contribution in [1.82, 2.24) is 14.8 Å². The Bertz CT molecular complexity index is 1060. The third kappa shape index (κ3) is 4.07. The maximum absolute atomic E-state index is 12.6. The molecule has 1 N–H and O–H groups in total. The second-order valence-electron chi connectivity index (χ2n) is 7.38. The fraction of sp³-hybridized carbons (Fsp3) is 0.348. The van der Waals surface area contributed by atoms with Crippen LogP contribution in [0.3, 0.4) is 0 Å². The topological polar surface area (TPSA) is 63.1 Å². The molecule has 1 aliphatic heterocycles. The highest BCUT2D eigenvalue weighted by Crippen LogP contribution is 2.31. The molecule has 0 saturated carbocycles. The molecule has 1 amide bonds. The molecule has 1 aromatic heterocycles. The molecule has 0 fully saturated rings. The molecule has 0 aliphatic carbocycles. The number of fused-ring (bicyclic) bond motifs is 1. The van der Waals surface area contributed by atoms with Crippen molar-refractivity contribution in [1.29, 1.82) is 0 Å². The fourth-order valence-corrected chi connectivity index (χ4v) is 4.68. The predicted octanol–water partition coefficient (Wildman–Crippen LogP) is 4.39. The predicted molar refractivity (Wildman–Crippen MR) is 123 cm³/mol. The highest BCUT2D eigenvalue weighted by atomic mass is 32.2. The molecule has 30 heavy (non-hydrogen) atoms. The quantitative estimate of drug-likeness (QED) is 0.574. The zero-order valence-electron chi connectivity index (χ0n) is 17.7. The maximum Gasteiger partial charge on any atom is 0.234 e. The number of benzene rings is 2. The smallest absolute Gasteiger partial charge is 0.234 e. The number of nitrogens with zero attached hydrogens (tertiary/aromatic N) is 4. The Morgan fingerprint density at radius 2 is 1.97 bits per heavy atom. The number of likely N-dealkylation sites (N-methyl/N-ethyl adjacent to an activating group) is 1. The summed E-state index contributed by atoms with van der Waals surface area (Å²) in [6.45, 7) is 9.08. The minimum Gasteiger partial charge on any atom is -0.371 e. The lowest BCUT2D eigenvalue weighted by Crippen LogP contribution is -2.19. The number of carbonyl (C=O) groups excluding carboxylic acids is 1. The van der Waals surface area contributed by atoms with E-state index in [0.717, 1.165) is 53.9 Å². The van der Waals surface area contributed by atoms with Crippen LogP contribution in [0.1, 0.15) is 25.0 Å². The van der Waals surface area contributed by atoms with Gasteiger partial charge in [0, 0.05) is 36.6 Å². The van der Waals surface area contributed by atoms with E-state index in [1.807, 2.05) is 18.2 Å². The Morgan fingerprint density at radius 1 is 1.13 bits per heavy atom. The summed E-state index contributed by atoms with van der Waals surface area (Å²) in [5.41, 5.74) is 5.66. The molecule has 7 heteroatoms. The molecule has 156 valence electrons. The third-order valence-electron chi connectivity index (χ3n) is 5.49. The van der Waals surface area contributed by atoms with E-state index in [2.05, 4.69) is 70.0 Å². The van der Waals surface area contributed by atoms with Crippen LogP contribution in [-0.2, 0) is 17.8 Å². The van der Waals surface area contributed by atoms with Gasteiger partial charge in [-0.15, -0.1) is 10.2 Å². The van der Waals surface area contributed by atoms with Crippen molar-refractivity contribution in [3.05, 3.63) is 53.6 Å². The van der Waals surface area contributed by atoms with Gasteiger partial charge < -0.3 is 14.8 Å². The molecular weight excluding hydrogens is 394 g/mol. The number of hydrogen-bond acceptors (Lipinski definition) is 5. The van der Waals surface area contributed by atoms with Gasteiger partial charge in [-0.2, -0.15) is 0 Å². The molecule has 4 rings (SSSR count). The van der Waals surface area contributed by atoms with E-state index in [-0.39, 0.29) is 5.91 Å². The number of hydrogen-bond donors (Lipinski definition) is 1. The van der Waals surface area contributed by atoms with E-state index in [0.29, 0.717) is 5.75 Å². The molecule has 2 heterocycles. The van der Waals surface area contributed by atoms with Crippen LogP contribution in [0.25, 0.3) is 11.4 Å². The van der Waals surface area contributed by atoms with Crippen LogP contribution in [-0.4, -0.2) is 39.5 Å². The number of aromatic nitrogens is 3. The normalized spacial score (nSPS) is 12.8. The maximum atomic E-state index is 12.6. The van der Waals surface area contributed by atoms with Gasteiger partial charge in [-0.25, -0.2) is 0 Å². The molecule has 0 bridgehead atoms. The summed E-state index contributed by atoms with van der Waals surface area (Å²) in [7, 11) is 0. The van der Waals surface area contributed by atoms with Gasteiger partial charge in [0.2, 0.25) is 5.91 Å². The lowest BCUT2D eigenvalue weighted by molar-refractivity contribution is -0.113. The standard InChI is InChI=1S/C23H27N5OS/c1-4-27-13-12-17-10-11-18(14-20(17)27)24-21(29)15-30-23-26-25-22(28(23)5-2)19-9-7-6-8-16(19)3/h6-11,14H,4-5,12-13,15H2,1-3H3,(H,24,29). The highest BCUT2D eigenvalue weighted by Gasteiger charge is 2.19. The van der Waals surface area contributed by atoms with Gasteiger partial charge in [-0.05, 0) is 50.5 Å². The highest BCUT2D eigenvalue weighted by molar-refractivity contribution is 7.99. The van der Waals surface area contributed by atoms with Crippen molar-refractivity contribution in [3.63, 3.8) is 0 Å². The van der Waals surface area contributed by atoms with Crippen LogP contribution in [0, 0.1) is 6.92 Å². The number of rotatable bonds is 7. The van der Waals surface area contributed by atoms with Crippen molar-refractivity contribution >= 4 is 29.0 Å². The van der Waals surface area contributed by atoms with Crippen LogP contribution in [0.2, 0.25) is 0 Å². The monoisotopic (exact) mass is 421 g/mol. The van der Waals surface area contributed by atoms with E-state index in [9.17, 15) is 4.79 Å². The Hall–Kier alpha value is -2.80. The third-order valence-corrected chi connectivity index (χ3v) is 6.46. The van der Waals surface area contributed by atoms with E-state index < -0.39 is 0 Å². The van der Waals surface area contributed by atoms with Crippen molar-refractivity contribution in [2.45, 2.75) is 38.9 Å². The van der Waals surface area contributed by atoms with Crippen molar-refractivity contribution in [2.24, 2.45) is 0 Å². The molecule has 1 aliphatic rings. The molecule has 0 unspecified atom stereocenters. The number of nitrogens with one attached hydrogen (secondary N) is 1. The Labute approximate surface area is 181 Å². The van der Waals surface area contributed by atoms with Gasteiger partial charge in [0.05, 0.1) is 5.75 Å². The number of aryl methyl sites for hydroxylation is 1. The lowest BCUT2D eigenvalue weighted by atomic mass is 10.1. The van der Waals surface area contributed by atoms with Gasteiger partial charge in [0.1, 0.15) is 0 Å². The van der Waals surface area contributed by atoms with E-state index in [4.69, 9.17) is 0 Å². The van der Waals surface area contributed by atoms with Crippen molar-refractivity contribution in [2.75, 3.05) is 29.1 Å². The summed E-state index contributed by atoms with van der Waals surface area (Å²) in [4.78, 5) is 14.9. The first-order valence-corrected chi connectivity index (χ1v) is 11.4. The van der Waals surface area contributed by atoms with Gasteiger partial charge in [0.15, 0.2) is 11.0 Å². The second-order valence-corrected chi connectivity index (χ2v) is 8.32. The average Bonchev–Trinajstić information content (AvgIpc) is 3.35. The van der Waals surface area contributed by atoms with E-state index in [1.54, 1.807) is 0 Å². The van der Waals surface area contributed by atoms with Gasteiger partial charge in [-0.3, -0.25) is 4.79 Å². The fourth-order valence-electron chi connectivity index (χ4n) is 3.88. The van der Waals surface area contributed by atoms with Crippen molar-refractivity contribution < 1.29 is 4.79 Å².